The molecule has 0 amide bonds. The van der Waals surface area contributed by atoms with Gasteiger partial charge in [-0.1, -0.05) is 26.8 Å². The molecule has 1 atom stereocenters. The fourth-order valence-corrected chi connectivity index (χ4v) is 2.10. The maximum atomic E-state index is 3.94. The van der Waals surface area contributed by atoms with Gasteiger partial charge in [-0.25, -0.2) is 0 Å². The molecule has 84 valence electrons. The molecule has 0 aromatic carbocycles. The van der Waals surface area contributed by atoms with Gasteiger partial charge in [0.2, 0.25) is 0 Å². The zero-order valence-electron chi connectivity index (χ0n) is 10.00. The largest absolute Gasteiger partial charge is 0.303 e. The van der Waals surface area contributed by atoms with Crippen LogP contribution in [0.2, 0.25) is 0 Å². The van der Waals surface area contributed by atoms with Gasteiger partial charge in [-0.05, 0) is 43.7 Å². The minimum Gasteiger partial charge on any atom is -0.303 e. The maximum Gasteiger partial charge on any atom is 0.00467 e. The van der Waals surface area contributed by atoms with E-state index in [4.69, 9.17) is 0 Å². The average molecular weight is 197 g/mol. The van der Waals surface area contributed by atoms with Crippen molar-refractivity contribution in [3.05, 3.63) is 12.7 Å². The molecule has 1 heteroatoms. The van der Waals surface area contributed by atoms with E-state index in [0.717, 1.165) is 11.8 Å². The Balaban J connectivity index is 0.00000196. The molecule has 1 saturated heterocycles. The predicted molar refractivity (Wildman–Crippen MR) is 65.5 cm³/mol. The molecule has 14 heavy (non-hydrogen) atoms. The molecule has 0 N–H and O–H groups in total. The van der Waals surface area contributed by atoms with E-state index in [1.54, 1.807) is 0 Å². The van der Waals surface area contributed by atoms with Gasteiger partial charge in [-0.15, -0.1) is 6.58 Å². The molecular formula is C13H27N. The van der Waals surface area contributed by atoms with E-state index >= 15 is 0 Å². The lowest BCUT2D eigenvalue weighted by Gasteiger charge is -2.33. The van der Waals surface area contributed by atoms with Crippen molar-refractivity contribution in [1.82, 2.24) is 4.90 Å². The molecule has 1 nitrogen and oxygen atoms in total. The fraction of sp³-hybridized carbons (Fsp3) is 0.846. The highest BCUT2D eigenvalue weighted by molar-refractivity contribution is 4.85. The van der Waals surface area contributed by atoms with E-state index in [0.29, 0.717) is 5.92 Å². The molecule has 0 bridgehead atoms. The Morgan fingerprint density at radius 1 is 1.43 bits per heavy atom. The normalized spacial score (nSPS) is 22.6. The highest BCUT2D eigenvalue weighted by Crippen LogP contribution is 2.20. The highest BCUT2D eigenvalue weighted by Gasteiger charge is 2.19. The van der Waals surface area contributed by atoms with Crippen LogP contribution in [-0.4, -0.2) is 24.5 Å². The van der Waals surface area contributed by atoms with E-state index in [-0.39, 0.29) is 1.43 Å². The number of piperidine rings is 1. The highest BCUT2D eigenvalue weighted by atomic mass is 15.1. The van der Waals surface area contributed by atoms with Crippen molar-refractivity contribution in [1.29, 1.82) is 0 Å². The number of likely N-dealkylation sites (tertiary alicyclic amines) is 1. The van der Waals surface area contributed by atoms with Crippen molar-refractivity contribution in [2.24, 2.45) is 17.8 Å². The Morgan fingerprint density at radius 2 is 2.00 bits per heavy atom. The summed E-state index contributed by atoms with van der Waals surface area (Å²) in [5.41, 5.74) is 0. The van der Waals surface area contributed by atoms with Gasteiger partial charge in [0, 0.05) is 7.97 Å². The van der Waals surface area contributed by atoms with E-state index in [1.807, 2.05) is 0 Å². The van der Waals surface area contributed by atoms with Gasteiger partial charge in [-0.3, -0.25) is 0 Å². The van der Waals surface area contributed by atoms with Crippen LogP contribution >= 0.6 is 0 Å². The van der Waals surface area contributed by atoms with Crippen LogP contribution < -0.4 is 0 Å². The first-order chi connectivity index (χ1) is 6.63. The Kier molecular flexibility index (Phi) is 4.67. The molecule has 1 heterocycles. The van der Waals surface area contributed by atoms with Crippen molar-refractivity contribution in [2.45, 2.75) is 33.6 Å². The summed E-state index contributed by atoms with van der Waals surface area (Å²) in [6, 6.07) is 0. The van der Waals surface area contributed by atoms with Gasteiger partial charge in [0.25, 0.3) is 0 Å². The van der Waals surface area contributed by atoms with Crippen LogP contribution in [0.1, 0.15) is 35.0 Å². The lowest BCUT2D eigenvalue weighted by atomic mass is 9.93. The van der Waals surface area contributed by atoms with Crippen LogP contribution in [0.4, 0.5) is 0 Å². The van der Waals surface area contributed by atoms with Gasteiger partial charge >= 0.3 is 0 Å². The summed E-state index contributed by atoms with van der Waals surface area (Å²) in [6.07, 6.45) is 4.88. The first-order valence-electron chi connectivity index (χ1n) is 5.98. The van der Waals surface area contributed by atoms with Crippen LogP contribution in [0.15, 0.2) is 12.7 Å². The number of hydrogen-bond acceptors (Lipinski definition) is 1. The molecule has 0 radical (unpaired) electrons. The molecule has 0 aromatic heterocycles. The van der Waals surface area contributed by atoms with Crippen molar-refractivity contribution in [3.63, 3.8) is 0 Å². The SMILES string of the molecule is C=CC(CN1CCC(C)CC1)C(C)C.[HH]. The summed E-state index contributed by atoms with van der Waals surface area (Å²) in [4.78, 5) is 2.60. The average Bonchev–Trinajstić information content (AvgIpc) is 2.16. The second-order valence-electron chi connectivity index (χ2n) is 5.13. The Bertz CT molecular complexity index is 171. The summed E-state index contributed by atoms with van der Waals surface area (Å²) in [5, 5.41) is 0. The van der Waals surface area contributed by atoms with Crippen LogP contribution in [0, 0.1) is 17.8 Å². The zero-order valence-corrected chi connectivity index (χ0v) is 10.00. The van der Waals surface area contributed by atoms with Crippen molar-refractivity contribution in [2.75, 3.05) is 19.6 Å². The summed E-state index contributed by atoms with van der Waals surface area (Å²) < 4.78 is 0. The molecular weight excluding hydrogens is 170 g/mol. The smallest absolute Gasteiger partial charge is 0.00467 e. The van der Waals surface area contributed by atoms with Crippen LogP contribution in [0.5, 0.6) is 0 Å². The molecule has 0 saturated carbocycles. The monoisotopic (exact) mass is 197 g/mol. The van der Waals surface area contributed by atoms with Gasteiger partial charge in [-0.2, -0.15) is 0 Å². The number of hydrogen-bond donors (Lipinski definition) is 0. The van der Waals surface area contributed by atoms with E-state index in [9.17, 15) is 0 Å². The molecule has 1 unspecified atom stereocenters. The summed E-state index contributed by atoms with van der Waals surface area (Å²) >= 11 is 0. The first-order valence-corrected chi connectivity index (χ1v) is 5.98. The summed E-state index contributed by atoms with van der Waals surface area (Å²) in [6.45, 7) is 14.7. The minimum atomic E-state index is 0. The lowest BCUT2D eigenvalue weighted by Crippen LogP contribution is -2.37. The molecule has 1 fully saturated rings. The molecule has 0 aromatic rings. The van der Waals surface area contributed by atoms with Gasteiger partial charge in [0.1, 0.15) is 0 Å². The maximum absolute atomic E-state index is 3.94. The van der Waals surface area contributed by atoms with E-state index < -0.39 is 0 Å². The summed E-state index contributed by atoms with van der Waals surface area (Å²) in [5.74, 6) is 2.34. The van der Waals surface area contributed by atoms with E-state index in [2.05, 4.69) is 38.3 Å². The third kappa shape index (κ3) is 3.45. The van der Waals surface area contributed by atoms with Gasteiger partial charge in [0.05, 0.1) is 0 Å². The summed E-state index contributed by atoms with van der Waals surface area (Å²) in [7, 11) is 0. The van der Waals surface area contributed by atoms with Crippen LogP contribution in [0.3, 0.4) is 0 Å². The molecule has 1 aliphatic heterocycles. The standard InChI is InChI=1S/C13H25N.H2/c1-5-13(11(2)3)10-14-8-6-12(4)7-9-14;/h5,11-13H,1,6-10H2,2-4H3;1H. The molecule has 1 aliphatic rings. The molecule has 0 spiro atoms. The number of rotatable bonds is 4. The number of nitrogens with zero attached hydrogens (tertiary/aromatic N) is 1. The van der Waals surface area contributed by atoms with Crippen LogP contribution in [0.25, 0.3) is 0 Å². The quantitative estimate of drug-likeness (QED) is 0.624. The second kappa shape index (κ2) is 5.55. The predicted octanol–water partition coefficient (Wildman–Crippen LogP) is 3.42. The minimum absolute atomic E-state index is 0. The van der Waals surface area contributed by atoms with Gasteiger partial charge < -0.3 is 4.90 Å². The fourth-order valence-electron chi connectivity index (χ4n) is 2.10. The van der Waals surface area contributed by atoms with Crippen molar-refractivity contribution < 1.29 is 1.43 Å². The first kappa shape index (κ1) is 11.8. The Labute approximate surface area is 90.7 Å². The van der Waals surface area contributed by atoms with Crippen molar-refractivity contribution in [3.8, 4) is 0 Å². The third-order valence-corrected chi connectivity index (χ3v) is 3.50. The molecule has 0 aliphatic carbocycles. The Hall–Kier alpha value is -0.300. The lowest BCUT2D eigenvalue weighted by molar-refractivity contribution is 0.165. The Morgan fingerprint density at radius 3 is 2.43 bits per heavy atom. The van der Waals surface area contributed by atoms with Gasteiger partial charge in [0.15, 0.2) is 0 Å². The third-order valence-electron chi connectivity index (χ3n) is 3.50. The topological polar surface area (TPSA) is 3.24 Å². The second-order valence-corrected chi connectivity index (χ2v) is 5.13. The van der Waals surface area contributed by atoms with Crippen LogP contribution in [-0.2, 0) is 0 Å². The molecule has 1 rings (SSSR count). The van der Waals surface area contributed by atoms with Crippen molar-refractivity contribution >= 4 is 0 Å². The zero-order chi connectivity index (χ0) is 10.6. The van der Waals surface area contributed by atoms with E-state index in [1.165, 1.54) is 32.5 Å².